The number of nitrogens with one attached hydrogen (secondary N) is 3. The van der Waals surface area contributed by atoms with E-state index >= 15 is 0 Å². The molecule has 0 aliphatic heterocycles. The second kappa shape index (κ2) is 11.0. The number of halogens is 3. The van der Waals surface area contributed by atoms with Gasteiger partial charge in [-0.3, -0.25) is 9.79 Å². The third-order valence-electron chi connectivity index (χ3n) is 4.06. The lowest BCUT2D eigenvalue weighted by atomic mass is 10.1. The molecule has 10 heteroatoms. The van der Waals surface area contributed by atoms with Gasteiger partial charge in [0.25, 0.3) is 5.91 Å². The zero-order valence-electron chi connectivity index (χ0n) is 16.7. The Bertz CT molecular complexity index is 872. The van der Waals surface area contributed by atoms with E-state index in [9.17, 15) is 18.0 Å². The Morgan fingerprint density at radius 1 is 1.17 bits per heavy atom. The van der Waals surface area contributed by atoms with Gasteiger partial charge in [0.05, 0.1) is 6.54 Å². The number of pyridine rings is 1. The van der Waals surface area contributed by atoms with Gasteiger partial charge >= 0.3 is 6.18 Å². The van der Waals surface area contributed by atoms with Gasteiger partial charge in [-0.2, -0.15) is 13.2 Å². The Morgan fingerprint density at radius 2 is 1.93 bits per heavy atom. The minimum absolute atomic E-state index is 0.0189. The highest BCUT2D eigenvalue weighted by molar-refractivity contribution is 5.94. The number of benzene rings is 1. The molecule has 0 unspecified atom stereocenters. The molecule has 0 bridgehead atoms. The van der Waals surface area contributed by atoms with Crippen molar-refractivity contribution in [3.05, 3.63) is 59.3 Å². The largest absolute Gasteiger partial charge is 0.475 e. The van der Waals surface area contributed by atoms with Crippen molar-refractivity contribution < 1.29 is 22.7 Å². The topological polar surface area (TPSA) is 87.6 Å². The van der Waals surface area contributed by atoms with E-state index in [0.29, 0.717) is 24.5 Å². The summed E-state index contributed by atoms with van der Waals surface area (Å²) in [6, 6.07) is 9.43. The second-order valence-corrected chi connectivity index (χ2v) is 6.16. The SMILES string of the molecule is CN=C(NCCOc1ncccc1C(F)(F)F)NCCc1cccc(C(=O)NC)c1. The Balaban J connectivity index is 1.77. The van der Waals surface area contributed by atoms with Crippen LogP contribution in [0.4, 0.5) is 13.2 Å². The number of aliphatic imine (C=N–C) groups is 1. The number of hydrogen-bond donors (Lipinski definition) is 3. The van der Waals surface area contributed by atoms with Crippen LogP contribution >= 0.6 is 0 Å². The van der Waals surface area contributed by atoms with E-state index in [1.54, 1.807) is 20.2 Å². The van der Waals surface area contributed by atoms with E-state index in [-0.39, 0.29) is 19.1 Å². The molecule has 0 fully saturated rings. The van der Waals surface area contributed by atoms with Crippen LogP contribution in [0.5, 0.6) is 5.88 Å². The molecular weight excluding hydrogens is 399 g/mol. The number of carbonyl (C=O) groups excluding carboxylic acids is 1. The first-order chi connectivity index (χ1) is 14.3. The molecule has 1 amide bonds. The van der Waals surface area contributed by atoms with Crippen LogP contribution in [0.3, 0.4) is 0 Å². The van der Waals surface area contributed by atoms with Gasteiger partial charge in [0, 0.05) is 32.4 Å². The van der Waals surface area contributed by atoms with Gasteiger partial charge in [0.15, 0.2) is 5.96 Å². The van der Waals surface area contributed by atoms with E-state index in [1.165, 1.54) is 12.3 Å². The van der Waals surface area contributed by atoms with Crippen LogP contribution in [0.2, 0.25) is 0 Å². The summed E-state index contributed by atoms with van der Waals surface area (Å²) >= 11 is 0. The molecule has 0 saturated carbocycles. The summed E-state index contributed by atoms with van der Waals surface area (Å²) in [6.45, 7) is 0.769. The molecule has 1 aromatic heterocycles. The number of amides is 1. The predicted octanol–water partition coefficient (Wildman–Crippen LogP) is 2.25. The summed E-state index contributed by atoms with van der Waals surface area (Å²) in [7, 11) is 3.16. The maximum atomic E-state index is 12.9. The van der Waals surface area contributed by atoms with Gasteiger partial charge in [-0.25, -0.2) is 4.98 Å². The van der Waals surface area contributed by atoms with Crippen molar-refractivity contribution in [2.45, 2.75) is 12.6 Å². The molecule has 2 aromatic rings. The fourth-order valence-electron chi connectivity index (χ4n) is 2.60. The number of carbonyl (C=O) groups is 1. The molecule has 30 heavy (non-hydrogen) atoms. The normalized spacial score (nSPS) is 11.7. The van der Waals surface area contributed by atoms with Gasteiger partial charge in [-0.15, -0.1) is 0 Å². The molecule has 7 nitrogen and oxygen atoms in total. The van der Waals surface area contributed by atoms with Crippen molar-refractivity contribution in [1.29, 1.82) is 0 Å². The molecule has 3 N–H and O–H groups in total. The highest BCUT2D eigenvalue weighted by atomic mass is 19.4. The number of hydrogen-bond acceptors (Lipinski definition) is 4. The van der Waals surface area contributed by atoms with Crippen molar-refractivity contribution in [3.63, 3.8) is 0 Å². The first-order valence-corrected chi connectivity index (χ1v) is 9.25. The van der Waals surface area contributed by atoms with Crippen LogP contribution in [0.1, 0.15) is 21.5 Å². The van der Waals surface area contributed by atoms with E-state index in [1.807, 2.05) is 18.2 Å². The molecule has 0 spiro atoms. The van der Waals surface area contributed by atoms with E-state index in [2.05, 4.69) is 25.9 Å². The summed E-state index contributed by atoms with van der Waals surface area (Å²) < 4.78 is 43.9. The van der Waals surface area contributed by atoms with Crippen LogP contribution in [-0.4, -0.2) is 50.6 Å². The molecule has 0 radical (unpaired) electrons. The number of rotatable bonds is 8. The maximum Gasteiger partial charge on any atom is 0.421 e. The molecule has 0 aliphatic rings. The van der Waals surface area contributed by atoms with Crippen molar-refractivity contribution >= 4 is 11.9 Å². The molecule has 0 atom stereocenters. The van der Waals surface area contributed by atoms with Crippen LogP contribution in [0.15, 0.2) is 47.6 Å². The van der Waals surface area contributed by atoms with Gasteiger partial charge in [-0.1, -0.05) is 12.1 Å². The summed E-state index contributed by atoms with van der Waals surface area (Å²) in [5.41, 5.74) is 0.658. The van der Waals surface area contributed by atoms with E-state index in [4.69, 9.17) is 4.74 Å². The molecule has 0 saturated heterocycles. The second-order valence-electron chi connectivity index (χ2n) is 6.16. The molecule has 0 aliphatic carbocycles. The summed E-state index contributed by atoms with van der Waals surface area (Å²) in [5.74, 6) is -0.118. The Morgan fingerprint density at radius 3 is 2.63 bits per heavy atom. The minimum Gasteiger partial charge on any atom is -0.475 e. The van der Waals surface area contributed by atoms with Gasteiger partial charge in [0.2, 0.25) is 5.88 Å². The summed E-state index contributed by atoms with van der Waals surface area (Å²) in [6.07, 6.45) is -2.62. The highest BCUT2D eigenvalue weighted by Crippen LogP contribution is 2.34. The zero-order chi connectivity index (χ0) is 22.0. The average molecular weight is 423 g/mol. The number of alkyl halides is 3. The number of nitrogens with zero attached hydrogens (tertiary/aromatic N) is 2. The molecule has 2 rings (SSSR count). The number of ether oxygens (including phenoxy) is 1. The molecule has 162 valence electrons. The number of aromatic nitrogens is 1. The standard InChI is InChI=1S/C20H24F3N5O2/c1-24-17(29)15-6-3-5-14(13-15)8-10-27-19(25-2)28-11-12-30-18-16(20(21,22)23)7-4-9-26-18/h3-7,9,13H,8,10-12H2,1-2H3,(H,24,29)(H2,25,27,28). The van der Waals surface area contributed by atoms with Crippen molar-refractivity contribution in [3.8, 4) is 5.88 Å². The third-order valence-corrected chi connectivity index (χ3v) is 4.06. The third kappa shape index (κ3) is 6.94. The fourth-order valence-corrected chi connectivity index (χ4v) is 2.60. The van der Waals surface area contributed by atoms with Crippen molar-refractivity contribution in [1.82, 2.24) is 20.9 Å². The summed E-state index contributed by atoms with van der Waals surface area (Å²) in [4.78, 5) is 19.4. The monoisotopic (exact) mass is 423 g/mol. The number of guanidine groups is 1. The van der Waals surface area contributed by atoms with Crippen LogP contribution < -0.4 is 20.7 Å². The molecule has 1 aromatic carbocycles. The molecular formula is C20H24F3N5O2. The predicted molar refractivity (Wildman–Crippen MR) is 108 cm³/mol. The Hall–Kier alpha value is -3.30. The van der Waals surface area contributed by atoms with Crippen LogP contribution in [0.25, 0.3) is 0 Å². The molecule has 1 heterocycles. The zero-order valence-corrected chi connectivity index (χ0v) is 16.7. The van der Waals surface area contributed by atoms with Crippen molar-refractivity contribution in [2.24, 2.45) is 4.99 Å². The first-order valence-electron chi connectivity index (χ1n) is 9.25. The minimum atomic E-state index is -4.52. The van der Waals surface area contributed by atoms with Crippen LogP contribution in [-0.2, 0) is 12.6 Å². The lowest BCUT2D eigenvalue weighted by molar-refractivity contribution is -0.139. The van der Waals surface area contributed by atoms with E-state index < -0.39 is 17.6 Å². The van der Waals surface area contributed by atoms with Gasteiger partial charge in [-0.05, 0) is 36.2 Å². The quantitative estimate of drug-likeness (QED) is 0.344. The highest BCUT2D eigenvalue weighted by Gasteiger charge is 2.34. The summed E-state index contributed by atoms with van der Waals surface area (Å²) in [5, 5.41) is 8.65. The van der Waals surface area contributed by atoms with Gasteiger partial charge in [0.1, 0.15) is 12.2 Å². The Labute approximate surface area is 172 Å². The van der Waals surface area contributed by atoms with Crippen LogP contribution in [0, 0.1) is 0 Å². The fraction of sp³-hybridized carbons (Fsp3) is 0.350. The smallest absolute Gasteiger partial charge is 0.421 e. The maximum absolute atomic E-state index is 12.9. The van der Waals surface area contributed by atoms with Gasteiger partial charge < -0.3 is 20.7 Å². The van der Waals surface area contributed by atoms with E-state index in [0.717, 1.165) is 11.6 Å². The average Bonchev–Trinajstić information content (AvgIpc) is 2.74. The Kier molecular flexibility index (Phi) is 8.45. The van der Waals surface area contributed by atoms with Crippen molar-refractivity contribution in [2.75, 3.05) is 33.8 Å². The lowest BCUT2D eigenvalue weighted by Crippen LogP contribution is -2.40. The lowest BCUT2D eigenvalue weighted by Gasteiger charge is -2.14. The first kappa shape index (κ1) is 23.0.